The summed E-state index contributed by atoms with van der Waals surface area (Å²) < 4.78 is 10.9. The Morgan fingerprint density at radius 1 is 1.18 bits per heavy atom. The van der Waals surface area contributed by atoms with Crippen molar-refractivity contribution in [3.8, 4) is 5.75 Å². The molecule has 3 N–H and O–H groups in total. The van der Waals surface area contributed by atoms with Gasteiger partial charge >= 0.3 is 0 Å². The average Bonchev–Trinajstić information content (AvgIpc) is 3.09. The van der Waals surface area contributed by atoms with E-state index < -0.39 is 0 Å². The number of nitrogens with zero attached hydrogens (tertiary/aromatic N) is 2. The zero-order valence-corrected chi connectivity index (χ0v) is 17.5. The molecular weight excluding hydrogens is 354 g/mol. The van der Waals surface area contributed by atoms with Gasteiger partial charge in [-0.1, -0.05) is 12.1 Å². The topological polar surface area (TPSA) is 83.6 Å². The summed E-state index contributed by atoms with van der Waals surface area (Å²) in [7, 11) is 1.67. The van der Waals surface area contributed by atoms with Crippen molar-refractivity contribution < 1.29 is 9.47 Å². The first-order valence-electron chi connectivity index (χ1n) is 9.86. The van der Waals surface area contributed by atoms with Crippen LogP contribution in [0.15, 0.2) is 29.4 Å². The molecule has 0 radical (unpaired) electrons. The lowest BCUT2D eigenvalue weighted by atomic mass is 10.1. The van der Waals surface area contributed by atoms with Crippen molar-refractivity contribution in [3.05, 3.63) is 46.8 Å². The fourth-order valence-corrected chi connectivity index (χ4v) is 2.78. The minimum atomic E-state index is 0.530. The molecule has 0 spiro atoms. The van der Waals surface area contributed by atoms with Crippen molar-refractivity contribution in [1.29, 1.82) is 0 Å². The molecule has 1 aromatic carbocycles. The number of hydrogen-bond donors (Lipinski definition) is 3. The summed E-state index contributed by atoms with van der Waals surface area (Å²) in [5.41, 5.74) is 4.63. The Balaban J connectivity index is 1.91. The number of benzene rings is 1. The largest absolute Gasteiger partial charge is 0.491 e. The maximum atomic E-state index is 5.86. The van der Waals surface area contributed by atoms with Crippen molar-refractivity contribution in [2.45, 2.75) is 40.2 Å². The molecule has 0 saturated heterocycles. The van der Waals surface area contributed by atoms with Crippen LogP contribution in [0.2, 0.25) is 0 Å². The molecule has 7 nitrogen and oxygen atoms in total. The molecule has 0 atom stereocenters. The summed E-state index contributed by atoms with van der Waals surface area (Å²) in [6, 6.07) is 6.21. The zero-order chi connectivity index (χ0) is 20.2. The highest BCUT2D eigenvalue weighted by atomic mass is 16.5. The second-order valence-electron chi connectivity index (χ2n) is 6.70. The van der Waals surface area contributed by atoms with Gasteiger partial charge < -0.3 is 20.1 Å². The number of aromatic nitrogens is 2. The van der Waals surface area contributed by atoms with Gasteiger partial charge in [-0.3, -0.25) is 5.10 Å². The molecule has 0 unspecified atom stereocenters. The third kappa shape index (κ3) is 7.23. The molecule has 0 fully saturated rings. The van der Waals surface area contributed by atoms with Gasteiger partial charge in [0, 0.05) is 31.5 Å². The van der Waals surface area contributed by atoms with Crippen molar-refractivity contribution in [2.75, 3.05) is 33.4 Å². The molecule has 0 bridgehead atoms. The fraction of sp³-hybridized carbons (Fsp3) is 0.524. The number of nitrogens with one attached hydrogen (secondary N) is 3. The second-order valence-corrected chi connectivity index (χ2v) is 6.70. The molecule has 1 aromatic heterocycles. The molecule has 2 rings (SSSR count). The predicted molar refractivity (Wildman–Crippen MR) is 113 cm³/mol. The van der Waals surface area contributed by atoms with Crippen molar-refractivity contribution in [3.63, 3.8) is 0 Å². The van der Waals surface area contributed by atoms with Crippen LogP contribution in [0.4, 0.5) is 0 Å². The third-order valence-electron chi connectivity index (χ3n) is 4.37. The number of aryl methyl sites for hydroxylation is 3. The molecule has 2 aromatic rings. The number of hydrogen-bond acceptors (Lipinski definition) is 4. The maximum Gasteiger partial charge on any atom is 0.191 e. The number of guanidine groups is 1. The first-order chi connectivity index (χ1) is 13.6. The number of aliphatic imine (C=N–C) groups is 1. The Kier molecular flexibility index (Phi) is 9.34. The quantitative estimate of drug-likeness (QED) is 0.314. The Hall–Kier alpha value is -2.54. The van der Waals surface area contributed by atoms with Gasteiger partial charge in [0.15, 0.2) is 5.96 Å². The first kappa shape index (κ1) is 21.8. The van der Waals surface area contributed by atoms with Gasteiger partial charge in [0.2, 0.25) is 0 Å². The number of ether oxygens (including phenoxy) is 2. The molecule has 154 valence electrons. The van der Waals surface area contributed by atoms with Crippen molar-refractivity contribution in [1.82, 2.24) is 20.8 Å². The number of H-pyrrole nitrogens is 1. The summed E-state index contributed by atoms with van der Waals surface area (Å²) in [6.07, 6.45) is 3.90. The molecular formula is C21H33N5O2. The summed E-state index contributed by atoms with van der Waals surface area (Å²) in [4.78, 5) is 4.72. The van der Waals surface area contributed by atoms with E-state index in [4.69, 9.17) is 14.5 Å². The number of aromatic amines is 1. The molecule has 0 aliphatic rings. The molecule has 7 heteroatoms. The van der Waals surface area contributed by atoms with Crippen LogP contribution in [0.1, 0.15) is 35.7 Å². The van der Waals surface area contributed by atoms with Crippen LogP contribution in [0, 0.1) is 13.8 Å². The normalized spacial score (nSPS) is 11.5. The molecule has 0 aliphatic carbocycles. The highest BCUT2D eigenvalue weighted by Crippen LogP contribution is 2.21. The van der Waals surface area contributed by atoms with E-state index in [9.17, 15) is 0 Å². The summed E-state index contributed by atoms with van der Waals surface area (Å²) in [5, 5.41) is 13.8. The standard InChI is InChI=1S/C21H33N5O2/c1-5-22-21(23-10-6-7-18-15-25-26-17(18)3)24-14-19-9-8-16(2)13-20(19)28-12-11-27-4/h8-9,13,15H,5-7,10-12,14H2,1-4H3,(H,25,26)(H2,22,23,24). The molecule has 0 amide bonds. The molecule has 1 heterocycles. The SMILES string of the molecule is CCNC(=NCc1ccc(C)cc1OCCOC)NCCCc1cn[nH]c1C. The Morgan fingerprint density at radius 3 is 2.75 bits per heavy atom. The fourth-order valence-electron chi connectivity index (χ4n) is 2.78. The summed E-state index contributed by atoms with van der Waals surface area (Å²) in [6.45, 7) is 9.49. The van der Waals surface area contributed by atoms with Gasteiger partial charge in [-0.15, -0.1) is 0 Å². The molecule has 28 heavy (non-hydrogen) atoms. The van der Waals surface area contributed by atoms with E-state index in [-0.39, 0.29) is 0 Å². The van der Waals surface area contributed by atoms with Crippen LogP contribution in [-0.4, -0.2) is 49.6 Å². The monoisotopic (exact) mass is 387 g/mol. The van der Waals surface area contributed by atoms with Crippen molar-refractivity contribution in [2.24, 2.45) is 4.99 Å². The van der Waals surface area contributed by atoms with Gasteiger partial charge in [-0.05, 0) is 50.8 Å². The van der Waals surface area contributed by atoms with E-state index >= 15 is 0 Å². The third-order valence-corrected chi connectivity index (χ3v) is 4.37. The van der Waals surface area contributed by atoms with Gasteiger partial charge in [-0.2, -0.15) is 5.10 Å². The van der Waals surface area contributed by atoms with Crippen LogP contribution in [0.5, 0.6) is 5.75 Å². The summed E-state index contributed by atoms with van der Waals surface area (Å²) >= 11 is 0. The van der Waals surface area contributed by atoms with Gasteiger partial charge in [0.1, 0.15) is 12.4 Å². The highest BCUT2D eigenvalue weighted by molar-refractivity contribution is 5.79. The van der Waals surface area contributed by atoms with Crippen LogP contribution in [0.3, 0.4) is 0 Å². The number of rotatable bonds is 11. The van der Waals surface area contributed by atoms with Crippen LogP contribution >= 0.6 is 0 Å². The minimum Gasteiger partial charge on any atom is -0.491 e. The van der Waals surface area contributed by atoms with Crippen LogP contribution in [0.25, 0.3) is 0 Å². The Bertz CT molecular complexity index is 742. The Labute approximate surface area is 167 Å². The van der Waals surface area contributed by atoms with Gasteiger partial charge in [0.05, 0.1) is 19.3 Å². The smallest absolute Gasteiger partial charge is 0.191 e. The lowest BCUT2D eigenvalue weighted by Crippen LogP contribution is -2.37. The minimum absolute atomic E-state index is 0.530. The van der Waals surface area contributed by atoms with E-state index in [1.165, 1.54) is 11.1 Å². The molecule has 0 aliphatic heterocycles. The van der Waals surface area contributed by atoms with E-state index in [0.29, 0.717) is 19.8 Å². The molecule has 0 saturated carbocycles. The van der Waals surface area contributed by atoms with E-state index in [0.717, 1.165) is 48.9 Å². The lowest BCUT2D eigenvalue weighted by Gasteiger charge is -2.13. The average molecular weight is 388 g/mol. The predicted octanol–water partition coefficient (Wildman–Crippen LogP) is 2.74. The van der Waals surface area contributed by atoms with E-state index in [1.54, 1.807) is 7.11 Å². The maximum absolute atomic E-state index is 5.86. The van der Waals surface area contributed by atoms with E-state index in [2.05, 4.69) is 53.7 Å². The Morgan fingerprint density at radius 2 is 2.04 bits per heavy atom. The second kappa shape index (κ2) is 12.0. The van der Waals surface area contributed by atoms with Crippen molar-refractivity contribution >= 4 is 5.96 Å². The first-order valence-corrected chi connectivity index (χ1v) is 9.86. The van der Waals surface area contributed by atoms with Crippen LogP contribution < -0.4 is 15.4 Å². The highest BCUT2D eigenvalue weighted by Gasteiger charge is 2.06. The summed E-state index contributed by atoms with van der Waals surface area (Å²) in [5.74, 6) is 1.68. The zero-order valence-electron chi connectivity index (χ0n) is 17.5. The van der Waals surface area contributed by atoms with Crippen LogP contribution in [-0.2, 0) is 17.7 Å². The number of methoxy groups -OCH3 is 1. The van der Waals surface area contributed by atoms with E-state index in [1.807, 2.05) is 12.3 Å². The lowest BCUT2D eigenvalue weighted by molar-refractivity contribution is 0.145. The van der Waals surface area contributed by atoms with Gasteiger partial charge in [0.25, 0.3) is 0 Å². The van der Waals surface area contributed by atoms with Gasteiger partial charge in [-0.25, -0.2) is 4.99 Å².